The highest BCUT2D eigenvalue weighted by Gasteiger charge is 2.24. The minimum Gasteiger partial charge on any atom is -0.378 e. The average molecular weight is 381 g/mol. The normalized spacial score (nSPS) is 19.6. The Morgan fingerprint density at radius 1 is 1.14 bits per heavy atom. The lowest BCUT2D eigenvalue weighted by molar-refractivity contribution is 0.0507. The standard InChI is InChI=1S/C22H27N3O3/c26-22(19-3-1-4-20(15-19)24-10-13-27-14-11-24)25(17-21-5-2-12-28-21)16-18-6-8-23-9-7-18/h1,3-4,6-9,15,21H,2,5,10-14,16-17H2. The van der Waals surface area contributed by atoms with Crippen molar-refractivity contribution in [1.29, 1.82) is 0 Å². The van der Waals surface area contributed by atoms with Gasteiger partial charge >= 0.3 is 0 Å². The lowest BCUT2D eigenvalue weighted by Crippen LogP contribution is -2.38. The summed E-state index contributed by atoms with van der Waals surface area (Å²) < 4.78 is 11.2. The van der Waals surface area contributed by atoms with E-state index in [4.69, 9.17) is 9.47 Å². The average Bonchev–Trinajstić information content (AvgIpc) is 3.27. The third-order valence-corrected chi connectivity index (χ3v) is 5.33. The van der Waals surface area contributed by atoms with Crippen molar-refractivity contribution in [1.82, 2.24) is 9.88 Å². The van der Waals surface area contributed by atoms with Gasteiger partial charge in [-0.1, -0.05) is 6.07 Å². The van der Waals surface area contributed by atoms with Gasteiger partial charge in [-0.25, -0.2) is 0 Å². The van der Waals surface area contributed by atoms with Gasteiger partial charge in [0.15, 0.2) is 0 Å². The van der Waals surface area contributed by atoms with Crippen molar-refractivity contribution in [2.24, 2.45) is 0 Å². The minimum absolute atomic E-state index is 0.0439. The van der Waals surface area contributed by atoms with Gasteiger partial charge in [-0.3, -0.25) is 9.78 Å². The molecule has 0 aliphatic carbocycles. The Hall–Kier alpha value is -2.44. The van der Waals surface area contributed by atoms with E-state index in [1.165, 1.54) is 0 Å². The van der Waals surface area contributed by atoms with Gasteiger partial charge in [0, 0.05) is 56.4 Å². The smallest absolute Gasteiger partial charge is 0.254 e. The van der Waals surface area contributed by atoms with Crippen molar-refractivity contribution in [2.45, 2.75) is 25.5 Å². The molecule has 1 unspecified atom stereocenters. The number of anilines is 1. The number of aromatic nitrogens is 1. The molecule has 4 rings (SSSR count). The number of morpholine rings is 1. The van der Waals surface area contributed by atoms with E-state index in [-0.39, 0.29) is 12.0 Å². The summed E-state index contributed by atoms with van der Waals surface area (Å²) in [6.45, 7) is 5.12. The predicted molar refractivity (Wildman–Crippen MR) is 107 cm³/mol. The summed E-state index contributed by atoms with van der Waals surface area (Å²) in [7, 11) is 0. The molecule has 0 spiro atoms. The highest BCUT2D eigenvalue weighted by atomic mass is 16.5. The Balaban J connectivity index is 1.53. The second-order valence-corrected chi connectivity index (χ2v) is 7.33. The van der Waals surface area contributed by atoms with Gasteiger partial charge in [0.25, 0.3) is 5.91 Å². The van der Waals surface area contributed by atoms with Crippen LogP contribution in [0.5, 0.6) is 0 Å². The largest absolute Gasteiger partial charge is 0.378 e. The zero-order valence-electron chi connectivity index (χ0n) is 16.1. The van der Waals surface area contributed by atoms with Gasteiger partial charge in [0.1, 0.15) is 0 Å². The van der Waals surface area contributed by atoms with Crippen LogP contribution in [0, 0.1) is 0 Å². The summed E-state index contributed by atoms with van der Waals surface area (Å²) in [6, 6.07) is 11.9. The first-order chi connectivity index (χ1) is 13.8. The summed E-state index contributed by atoms with van der Waals surface area (Å²) in [6.07, 6.45) is 5.72. The molecule has 2 aliphatic heterocycles. The zero-order valence-corrected chi connectivity index (χ0v) is 16.1. The van der Waals surface area contributed by atoms with E-state index in [0.29, 0.717) is 13.1 Å². The number of nitrogens with zero attached hydrogens (tertiary/aromatic N) is 3. The second kappa shape index (κ2) is 9.17. The van der Waals surface area contributed by atoms with Crippen LogP contribution in [0.15, 0.2) is 48.8 Å². The molecule has 0 radical (unpaired) electrons. The van der Waals surface area contributed by atoms with E-state index >= 15 is 0 Å². The zero-order chi connectivity index (χ0) is 19.2. The molecule has 2 saturated heterocycles. The van der Waals surface area contributed by atoms with Crippen LogP contribution in [-0.2, 0) is 16.0 Å². The molecular weight excluding hydrogens is 354 g/mol. The molecular formula is C22H27N3O3. The van der Waals surface area contributed by atoms with E-state index in [0.717, 1.165) is 62.6 Å². The van der Waals surface area contributed by atoms with Gasteiger partial charge in [-0.2, -0.15) is 0 Å². The highest BCUT2D eigenvalue weighted by molar-refractivity contribution is 5.95. The number of rotatable bonds is 6. The summed E-state index contributed by atoms with van der Waals surface area (Å²) in [4.78, 5) is 21.6. The number of ether oxygens (including phenoxy) is 2. The molecule has 2 fully saturated rings. The van der Waals surface area contributed by atoms with Crippen LogP contribution in [-0.4, -0.2) is 61.3 Å². The van der Waals surface area contributed by atoms with E-state index in [9.17, 15) is 4.79 Å². The lowest BCUT2D eigenvalue weighted by Gasteiger charge is -2.30. The van der Waals surface area contributed by atoms with Crippen LogP contribution in [0.25, 0.3) is 0 Å². The third-order valence-electron chi connectivity index (χ3n) is 5.33. The monoisotopic (exact) mass is 381 g/mol. The van der Waals surface area contributed by atoms with Gasteiger partial charge in [0.2, 0.25) is 0 Å². The molecule has 2 aromatic rings. The van der Waals surface area contributed by atoms with E-state index in [1.807, 2.05) is 35.2 Å². The number of carbonyl (C=O) groups excluding carboxylic acids is 1. The Kier molecular flexibility index (Phi) is 6.19. The molecule has 1 aromatic heterocycles. The maximum absolute atomic E-state index is 13.4. The van der Waals surface area contributed by atoms with Crippen molar-refractivity contribution in [3.05, 3.63) is 59.9 Å². The Bertz CT molecular complexity index is 772. The number of hydrogen-bond acceptors (Lipinski definition) is 5. The van der Waals surface area contributed by atoms with Crippen LogP contribution in [0.4, 0.5) is 5.69 Å². The van der Waals surface area contributed by atoms with E-state index in [2.05, 4.69) is 16.0 Å². The molecule has 6 heteroatoms. The van der Waals surface area contributed by atoms with Crippen LogP contribution in [0.2, 0.25) is 0 Å². The maximum Gasteiger partial charge on any atom is 0.254 e. The highest BCUT2D eigenvalue weighted by Crippen LogP contribution is 2.21. The van der Waals surface area contributed by atoms with Gasteiger partial charge in [-0.05, 0) is 48.7 Å². The van der Waals surface area contributed by atoms with Crippen molar-refractivity contribution in [2.75, 3.05) is 44.4 Å². The molecule has 6 nitrogen and oxygen atoms in total. The summed E-state index contributed by atoms with van der Waals surface area (Å²) in [5.74, 6) is 0.0439. The fraction of sp³-hybridized carbons (Fsp3) is 0.455. The van der Waals surface area contributed by atoms with Crippen LogP contribution < -0.4 is 4.90 Å². The van der Waals surface area contributed by atoms with E-state index < -0.39 is 0 Å². The van der Waals surface area contributed by atoms with Crippen molar-refractivity contribution in [3.8, 4) is 0 Å². The Morgan fingerprint density at radius 2 is 1.96 bits per heavy atom. The lowest BCUT2D eigenvalue weighted by atomic mass is 10.1. The van der Waals surface area contributed by atoms with Crippen LogP contribution in [0.3, 0.4) is 0 Å². The summed E-state index contributed by atoms with van der Waals surface area (Å²) in [5, 5.41) is 0. The maximum atomic E-state index is 13.4. The van der Waals surface area contributed by atoms with Crippen molar-refractivity contribution >= 4 is 11.6 Å². The second-order valence-electron chi connectivity index (χ2n) is 7.33. The number of amides is 1. The molecule has 1 aromatic carbocycles. The topological polar surface area (TPSA) is 54.9 Å². The molecule has 0 N–H and O–H groups in total. The summed E-state index contributed by atoms with van der Waals surface area (Å²) >= 11 is 0. The molecule has 1 atom stereocenters. The Labute approximate surface area is 166 Å². The number of hydrogen-bond donors (Lipinski definition) is 0. The molecule has 3 heterocycles. The van der Waals surface area contributed by atoms with Crippen LogP contribution >= 0.6 is 0 Å². The van der Waals surface area contributed by atoms with E-state index in [1.54, 1.807) is 12.4 Å². The quantitative estimate of drug-likeness (QED) is 0.770. The molecule has 148 valence electrons. The fourth-order valence-electron chi connectivity index (χ4n) is 3.80. The number of pyridine rings is 1. The van der Waals surface area contributed by atoms with Crippen molar-refractivity contribution in [3.63, 3.8) is 0 Å². The van der Waals surface area contributed by atoms with Gasteiger partial charge in [-0.15, -0.1) is 0 Å². The molecule has 0 saturated carbocycles. The first-order valence-electron chi connectivity index (χ1n) is 10.0. The molecule has 1 amide bonds. The summed E-state index contributed by atoms with van der Waals surface area (Å²) in [5.41, 5.74) is 2.87. The number of benzene rings is 1. The first kappa shape index (κ1) is 18.9. The first-order valence-corrected chi connectivity index (χ1v) is 10.0. The van der Waals surface area contributed by atoms with Gasteiger partial charge in [0.05, 0.1) is 19.3 Å². The molecule has 0 bridgehead atoms. The number of carbonyl (C=O) groups is 1. The van der Waals surface area contributed by atoms with Crippen molar-refractivity contribution < 1.29 is 14.3 Å². The van der Waals surface area contributed by atoms with Gasteiger partial charge < -0.3 is 19.3 Å². The van der Waals surface area contributed by atoms with Crippen LogP contribution in [0.1, 0.15) is 28.8 Å². The molecule has 28 heavy (non-hydrogen) atoms. The third kappa shape index (κ3) is 4.69. The minimum atomic E-state index is 0.0439. The SMILES string of the molecule is O=C(c1cccc(N2CCOCC2)c1)N(Cc1ccncc1)CC1CCCO1. The predicted octanol–water partition coefficient (Wildman–Crippen LogP) is 2.74. The Morgan fingerprint density at radius 3 is 2.71 bits per heavy atom. The fourth-order valence-corrected chi connectivity index (χ4v) is 3.80. The molecule has 2 aliphatic rings.